The van der Waals surface area contributed by atoms with Crippen molar-refractivity contribution in [2.45, 2.75) is 109 Å². The van der Waals surface area contributed by atoms with Crippen LogP contribution < -0.4 is 15.4 Å². The van der Waals surface area contributed by atoms with Gasteiger partial charge in [-0.25, -0.2) is 22.9 Å². The average molecular weight is 834 g/mol. The number of sulfonamides is 1. The average Bonchev–Trinajstić information content (AvgIpc) is 3.59. The molecule has 4 N–H and O–H groups in total. The summed E-state index contributed by atoms with van der Waals surface area (Å²) >= 11 is 6.24. The summed E-state index contributed by atoms with van der Waals surface area (Å²) in [5.41, 5.74) is -3.17. The fourth-order valence-electron chi connectivity index (χ4n) is 7.63. The minimum atomic E-state index is -4.49. The number of hydrogen-bond acceptors (Lipinski definition) is 12. The highest BCUT2D eigenvalue weighted by molar-refractivity contribution is 7.90. The molecule has 2 aliphatic heterocycles. The first-order valence-corrected chi connectivity index (χ1v) is 20.8. The molecule has 4 aliphatic rings. The van der Waals surface area contributed by atoms with Crippen LogP contribution in [0.2, 0.25) is 5.15 Å². The fourth-order valence-corrected chi connectivity index (χ4v) is 9.42. The van der Waals surface area contributed by atoms with Gasteiger partial charge in [-0.05, 0) is 57.6 Å². The molecule has 314 valence electrons. The summed E-state index contributed by atoms with van der Waals surface area (Å²) in [6.45, 7) is 17.8. The molecule has 2 aliphatic carbocycles. The van der Waals surface area contributed by atoms with Crippen molar-refractivity contribution >= 4 is 45.4 Å². The third kappa shape index (κ3) is 9.42. The quantitative estimate of drug-likeness (QED) is 0.186. The van der Waals surface area contributed by atoms with E-state index in [4.69, 9.17) is 25.8 Å². The van der Waals surface area contributed by atoms with Crippen molar-refractivity contribution in [3.63, 3.8) is 0 Å². The van der Waals surface area contributed by atoms with Crippen LogP contribution in [0.3, 0.4) is 0 Å². The molecule has 57 heavy (non-hydrogen) atoms. The largest absolute Gasteiger partial charge is 0.497 e. The van der Waals surface area contributed by atoms with Gasteiger partial charge in [0.2, 0.25) is 5.91 Å². The number of fused-ring (bicyclic) bond motifs is 1. The molecule has 5 rings (SSSR count). The van der Waals surface area contributed by atoms with E-state index in [9.17, 15) is 27.9 Å². The number of alkyl carbamates (subject to hydrolysis) is 1. The molecule has 2 fully saturated rings. The van der Waals surface area contributed by atoms with Gasteiger partial charge in [-0.15, -0.1) is 6.58 Å². The maximum Gasteiger partial charge on any atom is 0.408 e. The minimum absolute atomic E-state index is 0.00478. The van der Waals surface area contributed by atoms with Crippen LogP contribution in [0, 0.1) is 36.0 Å². The van der Waals surface area contributed by atoms with Crippen LogP contribution >= 0.6 is 11.6 Å². The van der Waals surface area contributed by atoms with Crippen molar-refractivity contribution in [2.24, 2.45) is 41.1 Å². The molecule has 18 heteroatoms. The predicted molar refractivity (Wildman–Crippen MR) is 213 cm³/mol. The van der Waals surface area contributed by atoms with Crippen LogP contribution in [0.25, 0.3) is 0 Å². The number of nitrogens with zero attached hydrogens (tertiary/aromatic N) is 4. The first kappa shape index (κ1) is 43.9. The summed E-state index contributed by atoms with van der Waals surface area (Å²) in [4.78, 5) is 47.3. The Morgan fingerprint density at radius 3 is 2.42 bits per heavy atom. The normalized spacial score (nSPS) is 28.2. The van der Waals surface area contributed by atoms with Gasteiger partial charge < -0.3 is 29.5 Å². The Morgan fingerprint density at radius 2 is 1.86 bits per heavy atom. The number of carbonyl (C=O) groups excluding carboxylic acids is 3. The zero-order valence-corrected chi connectivity index (χ0v) is 35.8. The molecule has 0 radical (unpaired) electrons. The Morgan fingerprint density at radius 1 is 1.18 bits per heavy atom. The Balaban J connectivity index is 1.43. The van der Waals surface area contributed by atoms with Crippen molar-refractivity contribution in [1.29, 1.82) is 0 Å². The van der Waals surface area contributed by atoms with E-state index in [0.717, 1.165) is 5.76 Å². The summed E-state index contributed by atoms with van der Waals surface area (Å²) < 4.78 is 47.7. The third-order valence-electron chi connectivity index (χ3n) is 10.7. The highest BCUT2D eigenvalue weighted by Crippen LogP contribution is 2.46. The van der Waals surface area contributed by atoms with Crippen LogP contribution in [-0.2, 0) is 40.9 Å². The van der Waals surface area contributed by atoms with E-state index in [-0.39, 0.29) is 52.9 Å². The van der Waals surface area contributed by atoms with Gasteiger partial charge in [-0.3, -0.25) is 19.6 Å². The van der Waals surface area contributed by atoms with Crippen LogP contribution in [0.4, 0.5) is 4.79 Å². The van der Waals surface area contributed by atoms with E-state index in [2.05, 4.69) is 38.1 Å². The second kappa shape index (κ2) is 16.2. The van der Waals surface area contributed by atoms with E-state index in [0.29, 0.717) is 5.90 Å². The van der Waals surface area contributed by atoms with Crippen LogP contribution in [-0.4, -0.2) is 101 Å². The number of allylic oxidation sites excluding steroid dienone is 4. The number of methoxy groups -OCH3 is 1. The zero-order chi connectivity index (χ0) is 42.4. The lowest BCUT2D eigenvalue weighted by molar-refractivity contribution is -0.140. The molecule has 0 bridgehead atoms. The molecule has 1 saturated heterocycles. The Hall–Kier alpha value is -4.19. The SMILES string of the molecule is C=CC1C[C@]1(NC(O)[C@@H]1C[C@@H](OC2=NC=CC3C=C(OC)C=CC3C2C)CN1C(=O)[C@@H](NC(=O)OC(C)(C)C)C(C)(C)C)C(=O)NS(=O)(=O)c1c(C)nn(C)c1Cl. The number of aromatic nitrogens is 2. The first-order chi connectivity index (χ1) is 26.4. The molecule has 0 spiro atoms. The second-order valence-electron chi connectivity index (χ2n) is 17.2. The number of hydrogen-bond donors (Lipinski definition) is 4. The summed E-state index contributed by atoms with van der Waals surface area (Å²) in [6.07, 6.45) is 8.29. The monoisotopic (exact) mass is 833 g/mol. The van der Waals surface area contributed by atoms with Crippen LogP contribution in [0.15, 0.2) is 58.8 Å². The molecule has 16 nitrogen and oxygen atoms in total. The van der Waals surface area contributed by atoms with Gasteiger partial charge in [0, 0.05) is 37.4 Å². The number of aliphatic hydroxyl groups excluding tert-OH is 1. The lowest BCUT2D eigenvalue weighted by Gasteiger charge is -2.37. The lowest BCUT2D eigenvalue weighted by Crippen LogP contribution is -2.61. The number of amides is 3. The molecule has 0 aromatic carbocycles. The number of rotatable bonds is 11. The first-order valence-electron chi connectivity index (χ1n) is 18.9. The van der Waals surface area contributed by atoms with E-state index in [1.54, 1.807) is 54.9 Å². The topological polar surface area (TPSA) is 203 Å². The fraction of sp³-hybridized carbons (Fsp3) is 0.615. The molecule has 1 saturated carbocycles. The second-order valence-corrected chi connectivity index (χ2v) is 19.2. The lowest BCUT2D eigenvalue weighted by atomic mass is 9.79. The van der Waals surface area contributed by atoms with Gasteiger partial charge in [0.05, 0.1) is 25.4 Å². The van der Waals surface area contributed by atoms with E-state index < -0.39 is 74.8 Å². The van der Waals surface area contributed by atoms with Gasteiger partial charge >= 0.3 is 6.09 Å². The number of halogens is 1. The van der Waals surface area contributed by atoms with E-state index >= 15 is 0 Å². The van der Waals surface area contributed by atoms with Crippen molar-refractivity contribution in [3.8, 4) is 0 Å². The summed E-state index contributed by atoms with van der Waals surface area (Å²) in [5, 5.41) is 21.6. The zero-order valence-electron chi connectivity index (χ0n) is 34.2. The summed E-state index contributed by atoms with van der Waals surface area (Å²) in [5.74, 6) is -1.00. The van der Waals surface area contributed by atoms with Crippen molar-refractivity contribution in [3.05, 3.63) is 59.8 Å². The number of ether oxygens (including phenoxy) is 3. The third-order valence-corrected chi connectivity index (χ3v) is 12.7. The molecular weight excluding hydrogens is 778 g/mol. The highest BCUT2D eigenvalue weighted by atomic mass is 35.5. The summed E-state index contributed by atoms with van der Waals surface area (Å²) in [7, 11) is -1.41. The van der Waals surface area contributed by atoms with Crippen LogP contribution in [0.1, 0.15) is 67.0 Å². The highest BCUT2D eigenvalue weighted by Gasteiger charge is 2.61. The van der Waals surface area contributed by atoms with Gasteiger partial charge in [0.1, 0.15) is 45.3 Å². The number of aryl methyl sites for hydroxylation is 2. The van der Waals surface area contributed by atoms with E-state index in [1.807, 2.05) is 25.2 Å². The molecular formula is C39H56ClN7O9S. The maximum atomic E-state index is 14.7. The number of aliphatic hydroxyl groups is 1. The minimum Gasteiger partial charge on any atom is -0.497 e. The number of aliphatic imine (C=N–C) groups is 1. The number of nitrogens with one attached hydrogen (secondary N) is 3. The van der Waals surface area contributed by atoms with Crippen molar-refractivity contribution in [2.75, 3.05) is 13.7 Å². The molecule has 1 aromatic heterocycles. The molecule has 5 unspecified atom stereocenters. The molecule has 3 amide bonds. The van der Waals surface area contributed by atoms with Gasteiger partial charge in [-0.2, -0.15) is 5.10 Å². The maximum absolute atomic E-state index is 14.7. The number of carbonyl (C=O) groups is 3. The predicted octanol–water partition coefficient (Wildman–Crippen LogP) is 3.86. The Kier molecular flexibility index (Phi) is 12.5. The molecule has 3 heterocycles. The van der Waals surface area contributed by atoms with Gasteiger partial charge in [-0.1, -0.05) is 57.5 Å². The van der Waals surface area contributed by atoms with E-state index in [1.165, 1.54) is 29.6 Å². The van der Waals surface area contributed by atoms with Crippen LogP contribution in [0.5, 0.6) is 0 Å². The Labute approximate surface area is 339 Å². The molecule has 9 atom stereocenters. The smallest absolute Gasteiger partial charge is 0.408 e. The van der Waals surface area contributed by atoms with Crippen molar-refractivity contribution < 1.29 is 42.1 Å². The molecule has 1 aromatic rings. The summed E-state index contributed by atoms with van der Waals surface area (Å²) in [6, 6.07) is -2.12. The standard InChI is InChI=1S/C39H56ClN7O9S/c1-12-24-19-39(24,35(50)45-57(52,53)29-22(3)44-46(10)31(29)40)43-32(48)28-18-26(55-33-21(2)27-14-13-25(54-11)17-23(27)15-16-41-33)20-47(28)34(49)30(37(4,5)6)42-36(51)56-38(7,8)9/h12-17,21,23-24,26-28,30,32,43,48H,1,18-20H2,2-11H3,(H,42,51)(H,45,50)/t21?,23?,24?,26-,27?,28+,30-,32?,39-/m1/s1. The number of likely N-dealkylation sites (tertiary alicyclic amines) is 1. The van der Waals surface area contributed by atoms with Gasteiger partial charge in [0.15, 0.2) is 5.90 Å². The van der Waals surface area contributed by atoms with Crippen molar-refractivity contribution in [1.82, 2.24) is 30.0 Å². The Bertz CT molecular complexity index is 2000. The van der Waals surface area contributed by atoms with Gasteiger partial charge in [0.25, 0.3) is 15.9 Å².